The zero-order chi connectivity index (χ0) is 15.9. The maximum Gasteiger partial charge on any atom is 0.303 e. The molecular formula is C16H16ClNO3S. The predicted molar refractivity (Wildman–Crippen MR) is 87.6 cm³/mol. The molecule has 0 saturated heterocycles. The number of carbonyl (C=O) groups excluding carboxylic acids is 1. The number of amides is 1. The number of carboxylic acids is 1. The SMILES string of the molecule is O=C(O)CCC(Cc1ccccc1)NC(=O)c1ccc(Cl)s1. The van der Waals surface area contributed by atoms with E-state index < -0.39 is 5.97 Å². The molecule has 2 rings (SSSR count). The second-order valence-corrected chi connectivity index (χ2v) is 6.61. The van der Waals surface area contributed by atoms with Gasteiger partial charge in [0, 0.05) is 12.5 Å². The van der Waals surface area contributed by atoms with Gasteiger partial charge < -0.3 is 10.4 Å². The summed E-state index contributed by atoms with van der Waals surface area (Å²) in [6, 6.07) is 12.8. The van der Waals surface area contributed by atoms with E-state index in [0.29, 0.717) is 22.1 Å². The van der Waals surface area contributed by atoms with Crippen LogP contribution >= 0.6 is 22.9 Å². The van der Waals surface area contributed by atoms with Crippen LogP contribution in [0.3, 0.4) is 0 Å². The fourth-order valence-corrected chi connectivity index (χ4v) is 3.06. The minimum absolute atomic E-state index is 0.0168. The van der Waals surface area contributed by atoms with Gasteiger partial charge in [-0.25, -0.2) is 0 Å². The van der Waals surface area contributed by atoms with E-state index in [0.717, 1.165) is 5.56 Å². The molecule has 2 N–H and O–H groups in total. The molecule has 4 nitrogen and oxygen atoms in total. The highest BCUT2D eigenvalue weighted by molar-refractivity contribution is 7.17. The van der Waals surface area contributed by atoms with Crippen LogP contribution in [0.5, 0.6) is 0 Å². The number of aliphatic carboxylic acids is 1. The van der Waals surface area contributed by atoms with Crippen molar-refractivity contribution in [2.24, 2.45) is 0 Å². The molecule has 1 amide bonds. The molecule has 1 unspecified atom stereocenters. The number of benzene rings is 1. The van der Waals surface area contributed by atoms with Crippen LogP contribution in [-0.2, 0) is 11.2 Å². The Morgan fingerprint density at radius 3 is 2.50 bits per heavy atom. The van der Waals surface area contributed by atoms with Crippen molar-refractivity contribution in [2.75, 3.05) is 0 Å². The number of thiophene rings is 1. The molecular weight excluding hydrogens is 322 g/mol. The molecule has 1 atom stereocenters. The number of carbonyl (C=O) groups is 2. The van der Waals surface area contributed by atoms with Gasteiger partial charge in [-0.15, -0.1) is 11.3 Å². The number of nitrogens with one attached hydrogen (secondary N) is 1. The van der Waals surface area contributed by atoms with Crippen LogP contribution in [0.1, 0.15) is 28.1 Å². The van der Waals surface area contributed by atoms with Crippen molar-refractivity contribution in [3.8, 4) is 0 Å². The Labute approximate surface area is 137 Å². The average Bonchev–Trinajstić information content (AvgIpc) is 2.92. The Hall–Kier alpha value is -1.85. The molecule has 0 spiro atoms. The highest BCUT2D eigenvalue weighted by Gasteiger charge is 2.17. The van der Waals surface area contributed by atoms with E-state index in [1.54, 1.807) is 12.1 Å². The van der Waals surface area contributed by atoms with Gasteiger partial charge in [-0.05, 0) is 30.5 Å². The topological polar surface area (TPSA) is 66.4 Å². The summed E-state index contributed by atoms with van der Waals surface area (Å²) in [5, 5.41) is 11.8. The summed E-state index contributed by atoms with van der Waals surface area (Å²) in [6.07, 6.45) is 0.997. The standard InChI is InChI=1S/C16H16ClNO3S/c17-14-8-7-13(22-14)16(21)18-12(6-9-15(19)20)10-11-4-2-1-3-5-11/h1-5,7-8,12H,6,9-10H2,(H,18,21)(H,19,20). The largest absolute Gasteiger partial charge is 0.481 e. The van der Waals surface area contributed by atoms with Crippen molar-refractivity contribution in [3.63, 3.8) is 0 Å². The fourth-order valence-electron chi connectivity index (χ4n) is 2.11. The molecule has 22 heavy (non-hydrogen) atoms. The van der Waals surface area contributed by atoms with Crippen LogP contribution < -0.4 is 5.32 Å². The first-order valence-electron chi connectivity index (χ1n) is 6.86. The Balaban J connectivity index is 2.03. The molecule has 6 heteroatoms. The zero-order valence-corrected chi connectivity index (χ0v) is 13.4. The summed E-state index contributed by atoms with van der Waals surface area (Å²) in [5.41, 5.74) is 1.06. The first-order chi connectivity index (χ1) is 10.5. The second kappa shape index (κ2) is 7.96. The zero-order valence-electron chi connectivity index (χ0n) is 11.8. The molecule has 1 aromatic heterocycles. The van der Waals surface area contributed by atoms with Gasteiger partial charge in [0.2, 0.25) is 0 Å². The molecule has 0 aliphatic rings. The van der Waals surface area contributed by atoms with Gasteiger partial charge in [-0.2, -0.15) is 0 Å². The summed E-state index contributed by atoms with van der Waals surface area (Å²) in [7, 11) is 0. The highest BCUT2D eigenvalue weighted by Crippen LogP contribution is 2.21. The first-order valence-corrected chi connectivity index (χ1v) is 8.06. The quantitative estimate of drug-likeness (QED) is 0.811. The van der Waals surface area contributed by atoms with Crippen LogP contribution in [0.25, 0.3) is 0 Å². The van der Waals surface area contributed by atoms with E-state index >= 15 is 0 Å². The van der Waals surface area contributed by atoms with Crippen molar-refractivity contribution in [1.29, 1.82) is 0 Å². The van der Waals surface area contributed by atoms with Crippen LogP contribution in [-0.4, -0.2) is 23.0 Å². The van der Waals surface area contributed by atoms with Crippen molar-refractivity contribution in [1.82, 2.24) is 5.32 Å². The van der Waals surface area contributed by atoms with E-state index in [1.165, 1.54) is 11.3 Å². The van der Waals surface area contributed by atoms with Crippen molar-refractivity contribution in [2.45, 2.75) is 25.3 Å². The lowest BCUT2D eigenvalue weighted by atomic mass is 10.0. The van der Waals surface area contributed by atoms with Gasteiger partial charge in [0.1, 0.15) is 0 Å². The van der Waals surface area contributed by atoms with Crippen LogP contribution in [0.4, 0.5) is 0 Å². The van der Waals surface area contributed by atoms with Gasteiger partial charge >= 0.3 is 5.97 Å². The first kappa shape index (κ1) is 16.5. The normalized spacial score (nSPS) is 11.9. The van der Waals surface area contributed by atoms with Gasteiger partial charge in [-0.3, -0.25) is 9.59 Å². The minimum atomic E-state index is -0.869. The monoisotopic (exact) mass is 337 g/mol. The summed E-state index contributed by atoms with van der Waals surface area (Å²) in [6.45, 7) is 0. The van der Waals surface area contributed by atoms with E-state index in [-0.39, 0.29) is 18.4 Å². The third kappa shape index (κ3) is 5.16. The summed E-state index contributed by atoms with van der Waals surface area (Å²) in [5.74, 6) is -1.09. The number of halogens is 1. The molecule has 0 bridgehead atoms. The number of carboxylic acid groups (broad SMARTS) is 1. The van der Waals surface area contributed by atoms with E-state index in [2.05, 4.69) is 5.32 Å². The molecule has 0 aliphatic heterocycles. The molecule has 2 aromatic rings. The van der Waals surface area contributed by atoms with Crippen molar-refractivity contribution >= 4 is 34.8 Å². The van der Waals surface area contributed by atoms with E-state index in [4.69, 9.17) is 16.7 Å². The van der Waals surface area contributed by atoms with Crippen molar-refractivity contribution < 1.29 is 14.7 Å². The van der Waals surface area contributed by atoms with E-state index in [9.17, 15) is 9.59 Å². The van der Waals surface area contributed by atoms with Gasteiger partial charge in [-0.1, -0.05) is 41.9 Å². The van der Waals surface area contributed by atoms with Crippen LogP contribution in [0.2, 0.25) is 4.34 Å². The fraction of sp³-hybridized carbons (Fsp3) is 0.250. The molecule has 0 aliphatic carbocycles. The Bertz CT molecular complexity index is 642. The number of hydrogen-bond acceptors (Lipinski definition) is 3. The van der Waals surface area contributed by atoms with Gasteiger partial charge in [0.05, 0.1) is 9.21 Å². The molecule has 1 heterocycles. The number of rotatable bonds is 7. The molecule has 116 valence electrons. The number of hydrogen-bond donors (Lipinski definition) is 2. The average molecular weight is 338 g/mol. The molecule has 1 aromatic carbocycles. The van der Waals surface area contributed by atoms with Crippen molar-refractivity contribution in [3.05, 3.63) is 57.2 Å². The summed E-state index contributed by atoms with van der Waals surface area (Å²) in [4.78, 5) is 23.5. The minimum Gasteiger partial charge on any atom is -0.481 e. The maximum atomic E-state index is 12.2. The Morgan fingerprint density at radius 2 is 1.91 bits per heavy atom. The smallest absolute Gasteiger partial charge is 0.303 e. The summed E-state index contributed by atoms with van der Waals surface area (Å²) >= 11 is 7.04. The summed E-state index contributed by atoms with van der Waals surface area (Å²) < 4.78 is 0.551. The lowest BCUT2D eigenvalue weighted by molar-refractivity contribution is -0.137. The van der Waals surface area contributed by atoms with Crippen LogP contribution in [0.15, 0.2) is 42.5 Å². The lowest BCUT2D eigenvalue weighted by Crippen LogP contribution is -2.36. The third-order valence-electron chi connectivity index (χ3n) is 3.16. The van der Waals surface area contributed by atoms with E-state index in [1.807, 2.05) is 30.3 Å². The van der Waals surface area contributed by atoms with Gasteiger partial charge in [0.15, 0.2) is 0 Å². The Morgan fingerprint density at radius 1 is 1.18 bits per heavy atom. The Kier molecular flexibility index (Phi) is 5.98. The van der Waals surface area contributed by atoms with Gasteiger partial charge in [0.25, 0.3) is 5.91 Å². The predicted octanol–water partition coefficient (Wildman–Crippen LogP) is 3.61. The lowest BCUT2D eigenvalue weighted by Gasteiger charge is -2.17. The molecule has 0 radical (unpaired) electrons. The van der Waals surface area contributed by atoms with Crippen LogP contribution in [0, 0.1) is 0 Å². The highest BCUT2D eigenvalue weighted by atomic mass is 35.5. The molecule has 0 fully saturated rings. The molecule has 0 saturated carbocycles. The maximum absolute atomic E-state index is 12.2. The third-order valence-corrected chi connectivity index (χ3v) is 4.39. The second-order valence-electron chi connectivity index (χ2n) is 4.90.